The summed E-state index contributed by atoms with van der Waals surface area (Å²) in [4.78, 5) is 8.11. The van der Waals surface area contributed by atoms with Crippen LogP contribution in [0.2, 0.25) is 0 Å². The van der Waals surface area contributed by atoms with Crippen molar-refractivity contribution >= 4 is 18.5 Å². The molecular formula is C9H13BNNaO5S+. The summed E-state index contributed by atoms with van der Waals surface area (Å²) in [5.74, 6) is 0. The van der Waals surface area contributed by atoms with E-state index in [2.05, 4.69) is 0 Å². The normalized spacial score (nSPS) is 10.8. The summed E-state index contributed by atoms with van der Waals surface area (Å²) in [7, 11) is -3.37. The Morgan fingerprint density at radius 1 is 1.28 bits per heavy atom. The third-order valence-corrected chi connectivity index (χ3v) is 2.23. The number of benzene rings is 1. The van der Waals surface area contributed by atoms with Crippen LogP contribution in [0.4, 0.5) is 0 Å². The Morgan fingerprint density at radius 3 is 2.00 bits per heavy atom. The van der Waals surface area contributed by atoms with Crippen molar-refractivity contribution in [1.82, 2.24) is 0 Å². The summed E-state index contributed by atoms with van der Waals surface area (Å²) >= 11 is 0. The molecule has 0 fully saturated rings. The third kappa shape index (κ3) is 12.1. The maximum Gasteiger partial charge on any atom is 1.00 e. The molecule has 0 amide bonds. The maximum atomic E-state index is 10.8. The summed E-state index contributed by atoms with van der Waals surface area (Å²) in [5, 5.41) is 7.89. The van der Waals surface area contributed by atoms with Gasteiger partial charge >= 0.3 is 29.6 Å². The van der Waals surface area contributed by atoms with Crippen molar-refractivity contribution in [3.8, 4) is 0 Å². The Morgan fingerprint density at radius 2 is 1.67 bits per heavy atom. The molecule has 3 radical (unpaired) electrons. The van der Waals surface area contributed by atoms with Gasteiger partial charge in [-0.15, -0.1) is 4.91 Å². The first kappa shape index (κ1) is 22.7. The Hall–Kier alpha value is -0.405. The summed E-state index contributed by atoms with van der Waals surface area (Å²) < 4.78 is 26.4. The molecule has 18 heavy (non-hydrogen) atoms. The second-order valence-electron chi connectivity index (χ2n) is 2.93. The molecule has 0 aromatic heterocycles. The van der Waals surface area contributed by atoms with Gasteiger partial charge in [0, 0.05) is 8.41 Å². The average molecular weight is 281 g/mol. The second kappa shape index (κ2) is 11.7. The Bertz CT molecular complexity index is 414. The van der Waals surface area contributed by atoms with Gasteiger partial charge in [-0.2, -0.15) is 8.42 Å². The summed E-state index contributed by atoms with van der Waals surface area (Å²) in [5.41, 5.74) is 0.855. The van der Waals surface area contributed by atoms with Gasteiger partial charge in [0.05, 0.1) is 12.4 Å². The standard InChI is InChI=1S/C9H12O3S.B.HNO2.Na/c1-8(12-13(2,10)11)9-6-4-3-5-7-9;;2-1-3;/h3-8H,1-2H3;;(H,2,3);/q;;;+1. The predicted octanol–water partition coefficient (Wildman–Crippen LogP) is -1.51. The molecule has 0 aliphatic heterocycles. The van der Waals surface area contributed by atoms with Gasteiger partial charge in [0.1, 0.15) is 0 Å². The molecule has 6 nitrogen and oxygen atoms in total. The molecule has 0 heterocycles. The minimum atomic E-state index is -3.37. The van der Waals surface area contributed by atoms with Gasteiger partial charge in [0.15, 0.2) is 5.34 Å². The van der Waals surface area contributed by atoms with Crippen molar-refractivity contribution in [3.63, 3.8) is 0 Å². The van der Waals surface area contributed by atoms with Crippen LogP contribution >= 0.6 is 0 Å². The molecular weight excluding hydrogens is 268 g/mol. The van der Waals surface area contributed by atoms with Crippen molar-refractivity contribution in [2.45, 2.75) is 13.0 Å². The van der Waals surface area contributed by atoms with E-state index in [1.165, 1.54) is 5.34 Å². The first-order valence-electron chi connectivity index (χ1n) is 4.30. The van der Waals surface area contributed by atoms with Crippen LogP contribution in [0, 0.1) is 4.91 Å². The monoisotopic (exact) mass is 281 g/mol. The molecule has 93 valence electrons. The van der Waals surface area contributed by atoms with Crippen LogP contribution in [0.25, 0.3) is 0 Å². The Kier molecular flexibility index (Phi) is 14.8. The largest absolute Gasteiger partial charge is 1.00 e. The molecule has 1 atom stereocenters. The minimum Gasteiger partial charge on any atom is -0.379 e. The van der Waals surface area contributed by atoms with Gasteiger partial charge in [-0.3, -0.25) is 4.18 Å². The number of rotatable bonds is 3. The van der Waals surface area contributed by atoms with E-state index in [1.807, 2.05) is 30.3 Å². The zero-order valence-electron chi connectivity index (χ0n) is 10.5. The fourth-order valence-electron chi connectivity index (χ4n) is 1.04. The van der Waals surface area contributed by atoms with Crippen LogP contribution in [0.15, 0.2) is 35.7 Å². The number of hydrogen-bond acceptors (Lipinski definition) is 5. The van der Waals surface area contributed by atoms with Crippen molar-refractivity contribution in [2.75, 3.05) is 6.26 Å². The molecule has 0 bridgehead atoms. The van der Waals surface area contributed by atoms with Crippen LogP contribution in [-0.2, 0) is 14.3 Å². The van der Waals surface area contributed by atoms with Crippen molar-refractivity contribution in [3.05, 3.63) is 40.8 Å². The van der Waals surface area contributed by atoms with E-state index in [0.29, 0.717) is 0 Å². The van der Waals surface area contributed by atoms with Crippen LogP contribution in [0.3, 0.4) is 0 Å². The van der Waals surface area contributed by atoms with Gasteiger partial charge < -0.3 is 5.21 Å². The quantitative estimate of drug-likeness (QED) is 0.314. The second-order valence-corrected chi connectivity index (χ2v) is 4.54. The molecule has 0 saturated heterocycles. The molecule has 0 spiro atoms. The van der Waals surface area contributed by atoms with E-state index in [0.717, 1.165) is 11.8 Å². The van der Waals surface area contributed by atoms with Gasteiger partial charge in [0.2, 0.25) is 0 Å². The van der Waals surface area contributed by atoms with Crippen LogP contribution in [-0.4, -0.2) is 28.3 Å². The van der Waals surface area contributed by atoms with E-state index < -0.39 is 16.2 Å². The SMILES string of the molecule is CC(OS(C)(=O)=O)c1ccccc1.O=NO.[B].[Na+]. The smallest absolute Gasteiger partial charge is 0.379 e. The van der Waals surface area contributed by atoms with Gasteiger partial charge in [-0.1, -0.05) is 30.3 Å². The molecule has 9 heteroatoms. The molecule has 1 aromatic carbocycles. The fourth-order valence-corrected chi connectivity index (χ4v) is 1.68. The Labute approximate surface area is 131 Å². The fraction of sp³-hybridized carbons (Fsp3) is 0.333. The first-order valence-corrected chi connectivity index (χ1v) is 6.12. The minimum absolute atomic E-state index is 0. The molecule has 0 aliphatic carbocycles. The first-order chi connectivity index (χ1) is 7.40. The molecule has 1 unspecified atom stereocenters. The summed E-state index contributed by atoms with van der Waals surface area (Å²) in [6.45, 7) is 1.70. The maximum absolute atomic E-state index is 10.8. The van der Waals surface area contributed by atoms with E-state index in [9.17, 15) is 8.42 Å². The van der Waals surface area contributed by atoms with Crippen molar-refractivity contribution in [1.29, 1.82) is 0 Å². The number of nitrogens with zero attached hydrogens (tertiary/aromatic N) is 1. The molecule has 1 aromatic rings. The van der Waals surface area contributed by atoms with Crippen molar-refractivity contribution in [2.24, 2.45) is 5.34 Å². The number of hydrogen-bond donors (Lipinski definition) is 1. The van der Waals surface area contributed by atoms with Crippen LogP contribution in [0.1, 0.15) is 18.6 Å². The molecule has 1 rings (SSSR count). The molecule has 0 saturated carbocycles. The third-order valence-electron chi connectivity index (χ3n) is 1.59. The van der Waals surface area contributed by atoms with Gasteiger partial charge in [0.25, 0.3) is 10.1 Å². The van der Waals surface area contributed by atoms with Crippen LogP contribution < -0.4 is 29.6 Å². The van der Waals surface area contributed by atoms with E-state index in [1.54, 1.807) is 6.92 Å². The molecule has 0 aliphatic rings. The van der Waals surface area contributed by atoms with Crippen molar-refractivity contribution < 1.29 is 47.4 Å². The molecule has 1 N–H and O–H groups in total. The van der Waals surface area contributed by atoms with E-state index in [4.69, 9.17) is 14.3 Å². The predicted molar refractivity (Wildman–Crippen MR) is 64.1 cm³/mol. The topological polar surface area (TPSA) is 93.0 Å². The van der Waals surface area contributed by atoms with E-state index >= 15 is 0 Å². The summed E-state index contributed by atoms with van der Waals surface area (Å²) in [6, 6.07) is 9.22. The van der Waals surface area contributed by atoms with E-state index in [-0.39, 0.29) is 38.0 Å². The van der Waals surface area contributed by atoms with Gasteiger partial charge in [-0.25, -0.2) is 0 Å². The zero-order valence-corrected chi connectivity index (χ0v) is 13.3. The Balaban J connectivity index is -0.000000410. The van der Waals surface area contributed by atoms with Crippen LogP contribution in [0.5, 0.6) is 0 Å². The average Bonchev–Trinajstić information content (AvgIpc) is 2.18. The van der Waals surface area contributed by atoms with Gasteiger partial charge in [-0.05, 0) is 12.5 Å². The summed E-state index contributed by atoms with van der Waals surface area (Å²) in [6.07, 6.45) is 0.628. The zero-order chi connectivity index (χ0) is 12.6.